The van der Waals surface area contributed by atoms with Crippen molar-refractivity contribution < 1.29 is 5.11 Å². The van der Waals surface area contributed by atoms with Gasteiger partial charge < -0.3 is 5.11 Å². The zero-order chi connectivity index (χ0) is 22.6. The Kier molecular flexibility index (Phi) is 6.75. The number of fused-ring (bicyclic) bond motifs is 1. The first-order valence-electron chi connectivity index (χ1n) is 10.4. The van der Waals surface area contributed by atoms with E-state index in [9.17, 15) is 5.11 Å². The SMILES string of the molecule is Oc1ccc(I)cc1C=Nc1ccc2nc(SC(c3ccccc3)c3ccccc3)sc2c1. The lowest BCUT2D eigenvalue weighted by Gasteiger charge is -2.16. The van der Waals surface area contributed by atoms with Gasteiger partial charge in [-0.2, -0.15) is 0 Å². The van der Waals surface area contributed by atoms with Crippen molar-refractivity contribution >= 4 is 67.8 Å². The average molecular weight is 579 g/mol. The molecule has 0 radical (unpaired) electrons. The maximum atomic E-state index is 10.1. The van der Waals surface area contributed by atoms with Crippen molar-refractivity contribution in [1.82, 2.24) is 4.98 Å². The molecule has 5 aromatic rings. The number of hydrogen-bond acceptors (Lipinski definition) is 5. The third-order valence-electron chi connectivity index (χ3n) is 5.12. The van der Waals surface area contributed by atoms with E-state index >= 15 is 0 Å². The van der Waals surface area contributed by atoms with E-state index in [1.54, 1.807) is 35.4 Å². The van der Waals surface area contributed by atoms with Gasteiger partial charge in [-0.3, -0.25) is 4.99 Å². The van der Waals surface area contributed by atoms with Crippen molar-refractivity contribution in [2.45, 2.75) is 9.59 Å². The van der Waals surface area contributed by atoms with Gasteiger partial charge in [0.1, 0.15) is 5.75 Å². The fourth-order valence-electron chi connectivity index (χ4n) is 3.48. The first kappa shape index (κ1) is 22.1. The van der Waals surface area contributed by atoms with Crippen molar-refractivity contribution in [2.24, 2.45) is 4.99 Å². The smallest absolute Gasteiger partial charge is 0.152 e. The Labute approximate surface area is 214 Å². The predicted molar refractivity (Wildman–Crippen MR) is 148 cm³/mol. The monoisotopic (exact) mass is 578 g/mol. The molecular weight excluding hydrogens is 559 g/mol. The van der Waals surface area contributed by atoms with E-state index in [4.69, 9.17) is 4.98 Å². The third kappa shape index (κ3) is 5.29. The van der Waals surface area contributed by atoms with Crippen LogP contribution in [0.2, 0.25) is 0 Å². The highest BCUT2D eigenvalue weighted by molar-refractivity contribution is 14.1. The van der Waals surface area contributed by atoms with E-state index in [1.165, 1.54) is 11.1 Å². The molecule has 0 unspecified atom stereocenters. The number of aromatic nitrogens is 1. The quantitative estimate of drug-likeness (QED) is 0.125. The number of nitrogens with zero attached hydrogens (tertiary/aromatic N) is 2. The van der Waals surface area contributed by atoms with Gasteiger partial charge >= 0.3 is 0 Å². The number of hydrogen-bond donors (Lipinski definition) is 1. The molecule has 0 aliphatic rings. The van der Waals surface area contributed by atoms with Gasteiger partial charge in [0, 0.05) is 15.3 Å². The van der Waals surface area contributed by atoms with Crippen LogP contribution in [0, 0.1) is 3.57 Å². The van der Waals surface area contributed by atoms with Crippen LogP contribution < -0.4 is 0 Å². The molecule has 0 saturated carbocycles. The summed E-state index contributed by atoms with van der Waals surface area (Å²) in [7, 11) is 0. The molecule has 162 valence electrons. The van der Waals surface area contributed by atoms with Crippen molar-refractivity contribution in [3.8, 4) is 5.75 Å². The van der Waals surface area contributed by atoms with Crippen molar-refractivity contribution in [3.05, 3.63) is 117 Å². The van der Waals surface area contributed by atoms with Crippen LogP contribution in [0.3, 0.4) is 0 Å². The minimum absolute atomic E-state index is 0.175. The number of thioether (sulfide) groups is 1. The molecule has 0 aliphatic carbocycles. The second-order valence-electron chi connectivity index (χ2n) is 7.41. The van der Waals surface area contributed by atoms with E-state index < -0.39 is 0 Å². The Morgan fingerprint density at radius 3 is 2.27 bits per heavy atom. The molecule has 6 heteroatoms. The van der Waals surface area contributed by atoms with Crippen molar-refractivity contribution in [1.29, 1.82) is 0 Å². The molecule has 1 aromatic heterocycles. The van der Waals surface area contributed by atoms with Crippen molar-refractivity contribution in [2.75, 3.05) is 0 Å². The lowest BCUT2D eigenvalue weighted by atomic mass is 10.0. The molecule has 0 atom stereocenters. The number of aliphatic imine (C=N–C) groups is 1. The number of thiazole rings is 1. The summed E-state index contributed by atoms with van der Waals surface area (Å²) >= 11 is 5.69. The molecule has 3 nitrogen and oxygen atoms in total. The summed E-state index contributed by atoms with van der Waals surface area (Å²) in [6.07, 6.45) is 1.70. The molecule has 0 spiro atoms. The fourth-order valence-corrected chi connectivity index (χ4v) is 6.42. The van der Waals surface area contributed by atoms with E-state index in [2.05, 4.69) is 82.2 Å². The Bertz CT molecular complexity index is 1380. The highest BCUT2D eigenvalue weighted by Gasteiger charge is 2.18. The topological polar surface area (TPSA) is 45.5 Å². The Hall–Kier alpha value is -2.68. The van der Waals surface area contributed by atoms with Crippen LogP contribution >= 0.6 is 45.7 Å². The third-order valence-corrected chi connectivity index (χ3v) is 8.21. The predicted octanol–water partition coefficient (Wildman–Crippen LogP) is 8.24. The van der Waals surface area contributed by atoms with Gasteiger partial charge in [0.15, 0.2) is 4.34 Å². The lowest BCUT2D eigenvalue weighted by molar-refractivity contribution is 0.474. The minimum atomic E-state index is 0.175. The normalized spacial score (nSPS) is 11.6. The molecule has 1 heterocycles. The van der Waals surface area contributed by atoms with E-state index in [1.807, 2.05) is 36.4 Å². The van der Waals surface area contributed by atoms with E-state index in [-0.39, 0.29) is 11.0 Å². The average Bonchev–Trinajstić information content (AvgIpc) is 3.26. The van der Waals surface area contributed by atoms with Gasteiger partial charge in [-0.15, -0.1) is 11.3 Å². The van der Waals surface area contributed by atoms with Gasteiger partial charge in [-0.1, -0.05) is 72.4 Å². The second-order valence-corrected chi connectivity index (χ2v) is 11.0. The van der Waals surface area contributed by atoms with Crippen LogP contribution in [0.5, 0.6) is 5.75 Å². The van der Waals surface area contributed by atoms with Gasteiger partial charge in [0.25, 0.3) is 0 Å². The van der Waals surface area contributed by atoms with Crippen LogP contribution in [0.25, 0.3) is 10.2 Å². The molecule has 0 fully saturated rings. The summed E-state index contributed by atoms with van der Waals surface area (Å²) in [6, 6.07) is 32.6. The van der Waals surface area contributed by atoms with Gasteiger partial charge in [-0.25, -0.2) is 4.98 Å². The number of halogens is 1. The highest BCUT2D eigenvalue weighted by Crippen LogP contribution is 2.43. The summed E-state index contributed by atoms with van der Waals surface area (Å²) in [4.78, 5) is 9.45. The molecule has 4 aromatic carbocycles. The van der Waals surface area contributed by atoms with Crippen LogP contribution in [-0.2, 0) is 0 Å². The number of benzene rings is 4. The molecular formula is C27H19IN2OS2. The largest absolute Gasteiger partial charge is 0.507 e. The molecule has 0 saturated heterocycles. The van der Waals surface area contributed by atoms with Crippen LogP contribution in [0.4, 0.5) is 5.69 Å². The zero-order valence-corrected chi connectivity index (χ0v) is 21.2. The number of phenolic OH excluding ortho intramolecular Hbond substituents is 1. The lowest BCUT2D eigenvalue weighted by Crippen LogP contribution is -1.96. The molecule has 0 bridgehead atoms. The Balaban J connectivity index is 1.43. The first-order valence-corrected chi connectivity index (χ1v) is 13.1. The number of phenols is 1. The Morgan fingerprint density at radius 2 is 1.58 bits per heavy atom. The number of rotatable bonds is 6. The zero-order valence-electron chi connectivity index (χ0n) is 17.4. The second kappa shape index (κ2) is 10.1. The molecule has 1 N–H and O–H groups in total. The van der Waals surface area contributed by atoms with Crippen LogP contribution in [-0.4, -0.2) is 16.3 Å². The fraction of sp³-hybridized carbons (Fsp3) is 0.0370. The van der Waals surface area contributed by atoms with E-state index in [0.29, 0.717) is 5.56 Å². The van der Waals surface area contributed by atoms with Crippen molar-refractivity contribution in [3.63, 3.8) is 0 Å². The molecule has 0 aliphatic heterocycles. The maximum absolute atomic E-state index is 10.1. The van der Waals surface area contributed by atoms with Gasteiger partial charge in [-0.05, 0) is 70.1 Å². The molecule has 0 amide bonds. The standard InChI is InChI=1S/C27H19IN2OS2/c28-21-11-14-24(31)20(15-21)17-29-22-12-13-23-25(16-22)32-27(30-23)33-26(18-7-3-1-4-8-18)19-9-5-2-6-10-19/h1-17,26,31H. The van der Waals surface area contributed by atoms with Crippen LogP contribution in [0.1, 0.15) is 21.9 Å². The molecule has 33 heavy (non-hydrogen) atoms. The summed E-state index contributed by atoms with van der Waals surface area (Å²) in [6.45, 7) is 0. The van der Waals surface area contributed by atoms with Gasteiger partial charge in [0.2, 0.25) is 0 Å². The number of aromatic hydroxyl groups is 1. The summed E-state index contributed by atoms with van der Waals surface area (Å²) in [5.74, 6) is 0.226. The summed E-state index contributed by atoms with van der Waals surface area (Å²) in [5.41, 5.74) is 5.03. The van der Waals surface area contributed by atoms with Crippen LogP contribution in [0.15, 0.2) is 106 Å². The summed E-state index contributed by atoms with van der Waals surface area (Å²) in [5, 5.41) is 10.2. The first-order chi connectivity index (χ1) is 16.2. The maximum Gasteiger partial charge on any atom is 0.152 e. The molecule has 5 rings (SSSR count). The Morgan fingerprint density at radius 1 is 0.879 bits per heavy atom. The van der Waals surface area contributed by atoms with E-state index in [0.717, 1.165) is 23.8 Å². The minimum Gasteiger partial charge on any atom is -0.507 e. The van der Waals surface area contributed by atoms with Gasteiger partial charge in [0.05, 0.1) is 21.2 Å². The highest BCUT2D eigenvalue weighted by atomic mass is 127. The summed E-state index contributed by atoms with van der Waals surface area (Å²) < 4.78 is 3.18.